The summed E-state index contributed by atoms with van der Waals surface area (Å²) in [5.74, 6) is 3.67. The third-order valence-corrected chi connectivity index (χ3v) is 12.1. The number of hydroxylamine groups is 3. The van der Waals surface area contributed by atoms with Crippen LogP contribution in [0.25, 0.3) is 0 Å². The molecule has 2 heterocycles. The zero-order valence-corrected chi connectivity index (χ0v) is 20.2. The van der Waals surface area contributed by atoms with Gasteiger partial charge in [0.15, 0.2) is 0 Å². The highest BCUT2D eigenvalue weighted by atomic mass is 16.6. The van der Waals surface area contributed by atoms with Gasteiger partial charge < -0.3 is 10.2 Å². The smallest absolute Gasteiger partial charge is 0.148 e. The molecule has 2 saturated heterocycles. The first kappa shape index (κ1) is 22.0. The van der Waals surface area contributed by atoms with Gasteiger partial charge in [0.25, 0.3) is 0 Å². The van der Waals surface area contributed by atoms with Crippen LogP contribution in [0.2, 0.25) is 0 Å². The number of Topliss-reactive ketones (excluding diaryl/α,β-unsaturated/α-hetero) is 1. The third kappa shape index (κ3) is 2.86. The fourth-order valence-electron chi connectivity index (χ4n) is 10.8. The monoisotopic (exact) mass is 446 g/mol. The van der Waals surface area contributed by atoms with Gasteiger partial charge in [-0.25, -0.2) is 5.21 Å². The van der Waals surface area contributed by atoms with E-state index in [0.29, 0.717) is 54.1 Å². The molecule has 2 aliphatic heterocycles. The minimum absolute atomic E-state index is 0.0247. The van der Waals surface area contributed by atoms with Gasteiger partial charge in [-0.1, -0.05) is 13.8 Å². The Labute approximate surface area is 193 Å². The molecule has 4 aliphatic carbocycles. The summed E-state index contributed by atoms with van der Waals surface area (Å²) in [6, 6.07) is -0.0523. The van der Waals surface area contributed by atoms with Crippen LogP contribution in [-0.4, -0.2) is 56.7 Å². The molecule has 5 nitrogen and oxygen atoms in total. The van der Waals surface area contributed by atoms with E-state index in [1.165, 1.54) is 0 Å². The van der Waals surface area contributed by atoms with E-state index in [9.17, 15) is 20.2 Å². The lowest BCUT2D eigenvalue weighted by atomic mass is 9.51. The molecular formula is C27H44NO4+. The quantitative estimate of drug-likeness (QED) is 0.495. The molecule has 13 atom stereocenters. The van der Waals surface area contributed by atoms with Crippen molar-refractivity contribution in [1.29, 1.82) is 0 Å². The molecule has 3 N–H and O–H groups in total. The summed E-state index contributed by atoms with van der Waals surface area (Å²) >= 11 is 0. The molecule has 0 aromatic rings. The molecule has 0 aromatic heterocycles. The van der Waals surface area contributed by atoms with Crippen LogP contribution in [0.3, 0.4) is 0 Å². The maximum absolute atomic E-state index is 13.3. The summed E-state index contributed by atoms with van der Waals surface area (Å²) in [6.45, 7) is 8.19. The molecule has 5 heteroatoms. The molecule has 0 spiro atoms. The van der Waals surface area contributed by atoms with Crippen LogP contribution in [0.15, 0.2) is 0 Å². The summed E-state index contributed by atoms with van der Waals surface area (Å²) < 4.78 is 0.0684. The van der Waals surface area contributed by atoms with E-state index in [2.05, 4.69) is 13.8 Å². The molecule has 6 aliphatic rings. The van der Waals surface area contributed by atoms with Crippen LogP contribution in [0.4, 0.5) is 0 Å². The van der Waals surface area contributed by atoms with Crippen LogP contribution in [0, 0.1) is 52.8 Å². The van der Waals surface area contributed by atoms with Gasteiger partial charge in [-0.3, -0.25) is 4.79 Å². The van der Waals surface area contributed by atoms with Crippen molar-refractivity contribution in [3.63, 3.8) is 0 Å². The van der Waals surface area contributed by atoms with Crippen LogP contribution < -0.4 is 0 Å². The first-order chi connectivity index (χ1) is 15.0. The van der Waals surface area contributed by atoms with Gasteiger partial charge in [-0.05, 0) is 81.0 Å². The van der Waals surface area contributed by atoms with E-state index < -0.39 is 5.60 Å². The normalized spacial score (nSPS) is 61.8. The van der Waals surface area contributed by atoms with Gasteiger partial charge in [0, 0.05) is 36.5 Å². The molecule has 0 aromatic carbocycles. The van der Waals surface area contributed by atoms with E-state index in [0.717, 1.165) is 58.0 Å². The summed E-state index contributed by atoms with van der Waals surface area (Å²) in [6.07, 6.45) is 8.19. The molecule has 6 rings (SSSR count). The zero-order valence-electron chi connectivity index (χ0n) is 20.2. The second-order valence-corrected chi connectivity index (χ2v) is 13.6. The minimum atomic E-state index is -0.812. The van der Waals surface area contributed by atoms with Crippen molar-refractivity contribution in [2.75, 3.05) is 13.1 Å². The number of piperidine rings is 2. The predicted octanol–water partition coefficient (Wildman–Crippen LogP) is 3.79. The summed E-state index contributed by atoms with van der Waals surface area (Å²) in [7, 11) is 0. The summed E-state index contributed by atoms with van der Waals surface area (Å²) in [5, 5.41) is 34.0. The minimum Gasteiger partial charge on any atom is -0.393 e. The van der Waals surface area contributed by atoms with Gasteiger partial charge in [0.05, 0.1) is 6.10 Å². The average molecular weight is 447 g/mol. The Balaban J connectivity index is 1.33. The average Bonchev–Trinajstić information content (AvgIpc) is 3.08. The van der Waals surface area contributed by atoms with Crippen molar-refractivity contribution in [2.24, 2.45) is 52.8 Å². The van der Waals surface area contributed by atoms with Crippen LogP contribution >= 0.6 is 0 Å². The van der Waals surface area contributed by atoms with Gasteiger partial charge in [-0.2, -0.15) is 4.65 Å². The summed E-state index contributed by atoms with van der Waals surface area (Å²) in [5.41, 5.74) is -0.787. The van der Waals surface area contributed by atoms with Crippen LogP contribution in [0.1, 0.15) is 78.6 Å². The number of quaternary nitrogens is 1. The highest BCUT2D eigenvalue weighted by molar-refractivity contribution is 5.83. The van der Waals surface area contributed by atoms with Crippen molar-refractivity contribution >= 4 is 5.78 Å². The number of hydrogen-bond acceptors (Lipinski definition) is 4. The Bertz CT molecular complexity index is 794. The Morgan fingerprint density at radius 1 is 0.906 bits per heavy atom. The number of hydrogen-bond donors (Lipinski definition) is 3. The lowest BCUT2D eigenvalue weighted by molar-refractivity contribution is -1.14. The molecule has 0 radical (unpaired) electrons. The van der Waals surface area contributed by atoms with Crippen LogP contribution in [-0.2, 0) is 4.79 Å². The molecule has 0 amide bonds. The SMILES string of the molecule is C[C@@H]1CC[C@H]2[C@](C)(O)[C@@H]3CC[C@@H]4[C@@H](C[C@H]5[C@H]4CC(=O)[C@H]4C[C@H](O)CC[C@@]45C)[C@@H]3C[N@+]2(O)C1. The lowest BCUT2D eigenvalue weighted by Crippen LogP contribution is -2.74. The van der Waals surface area contributed by atoms with Gasteiger partial charge >= 0.3 is 0 Å². The number of aliphatic hydroxyl groups excluding tert-OH is 1. The number of aliphatic hydroxyl groups is 2. The van der Waals surface area contributed by atoms with Gasteiger partial charge in [0.2, 0.25) is 0 Å². The van der Waals surface area contributed by atoms with Gasteiger partial charge in [0.1, 0.15) is 30.5 Å². The largest absolute Gasteiger partial charge is 0.393 e. The van der Waals surface area contributed by atoms with Crippen molar-refractivity contribution in [3.05, 3.63) is 0 Å². The number of nitrogens with zero attached hydrogens (tertiary/aromatic N) is 1. The topological polar surface area (TPSA) is 77.8 Å². The zero-order chi connectivity index (χ0) is 22.6. The highest BCUT2D eigenvalue weighted by Crippen LogP contribution is 2.67. The van der Waals surface area contributed by atoms with Crippen molar-refractivity contribution in [2.45, 2.75) is 96.3 Å². The molecule has 6 fully saturated rings. The highest BCUT2D eigenvalue weighted by Gasteiger charge is 2.68. The number of fused-ring (bicyclic) bond motifs is 8. The summed E-state index contributed by atoms with van der Waals surface area (Å²) in [4.78, 5) is 13.3. The number of rotatable bonds is 0. The first-order valence-corrected chi connectivity index (χ1v) is 13.6. The molecule has 32 heavy (non-hydrogen) atoms. The van der Waals surface area contributed by atoms with E-state index in [-0.39, 0.29) is 34.0 Å². The fourth-order valence-corrected chi connectivity index (χ4v) is 10.8. The first-order valence-electron chi connectivity index (χ1n) is 13.6. The molecule has 0 unspecified atom stereocenters. The molecular weight excluding hydrogens is 402 g/mol. The van der Waals surface area contributed by atoms with Crippen molar-refractivity contribution in [3.8, 4) is 0 Å². The van der Waals surface area contributed by atoms with Crippen molar-refractivity contribution in [1.82, 2.24) is 0 Å². The second kappa shape index (κ2) is 7.02. The maximum atomic E-state index is 13.3. The van der Waals surface area contributed by atoms with Gasteiger partial charge in [-0.15, -0.1) is 0 Å². The second-order valence-electron chi connectivity index (χ2n) is 13.6. The van der Waals surface area contributed by atoms with E-state index in [4.69, 9.17) is 0 Å². The molecule has 4 saturated carbocycles. The fraction of sp³-hybridized carbons (Fsp3) is 0.963. The number of ketones is 1. The Kier molecular flexibility index (Phi) is 4.83. The van der Waals surface area contributed by atoms with Crippen LogP contribution in [0.5, 0.6) is 0 Å². The number of carbonyl (C=O) groups is 1. The molecule has 0 bridgehead atoms. The third-order valence-electron chi connectivity index (χ3n) is 12.1. The predicted molar refractivity (Wildman–Crippen MR) is 120 cm³/mol. The Morgan fingerprint density at radius 3 is 2.47 bits per heavy atom. The maximum Gasteiger partial charge on any atom is 0.148 e. The number of carbonyl (C=O) groups excluding carboxylic acids is 1. The van der Waals surface area contributed by atoms with Crippen molar-refractivity contribution < 1.29 is 24.9 Å². The standard InChI is InChI=1S/C27H44NO4/c1-15-4-7-25-27(3,31)21-6-5-17-18(20(21)14-28(25,32)13-15)11-22-19(17)12-24(30)23-10-16(29)8-9-26(22,23)2/h15-23,25,29,31-32H,4-14H2,1-3H3/q+1/t15-,16-,17-,18-,19+,20+,21-,22+,23-,25+,26-,27-,28-/m1/s1. The van der Waals surface area contributed by atoms with E-state index >= 15 is 0 Å². The van der Waals surface area contributed by atoms with E-state index in [1.807, 2.05) is 6.92 Å². The Morgan fingerprint density at radius 2 is 1.69 bits per heavy atom. The Hall–Kier alpha value is -0.490. The molecule has 180 valence electrons. The lowest BCUT2D eigenvalue weighted by Gasteiger charge is -2.60. The van der Waals surface area contributed by atoms with E-state index in [1.54, 1.807) is 0 Å².